The Morgan fingerprint density at radius 3 is 2.38 bits per heavy atom. The van der Waals surface area contributed by atoms with E-state index in [-0.39, 0.29) is 0 Å². The third-order valence-electron chi connectivity index (χ3n) is 2.65. The first kappa shape index (κ1) is 12.5. The Morgan fingerprint density at radius 1 is 1.38 bits per heavy atom. The van der Waals surface area contributed by atoms with Crippen molar-refractivity contribution in [1.29, 1.82) is 0 Å². The third-order valence-corrected chi connectivity index (χ3v) is 2.65. The van der Waals surface area contributed by atoms with Crippen molar-refractivity contribution in [3.8, 4) is 0 Å². The van der Waals surface area contributed by atoms with Crippen LogP contribution in [-0.4, -0.2) is 25.2 Å². The highest BCUT2D eigenvalue weighted by Gasteiger charge is 2.32. The van der Waals surface area contributed by atoms with Crippen molar-refractivity contribution >= 4 is 11.7 Å². The van der Waals surface area contributed by atoms with Gasteiger partial charge < -0.3 is 10.0 Å². The van der Waals surface area contributed by atoms with Crippen LogP contribution in [0.2, 0.25) is 0 Å². The lowest BCUT2D eigenvalue weighted by molar-refractivity contribution is -0.142. The van der Waals surface area contributed by atoms with E-state index in [9.17, 15) is 9.18 Å². The Bertz CT molecular complexity index is 413. The van der Waals surface area contributed by atoms with E-state index in [0.29, 0.717) is 11.3 Å². The maximum Gasteiger partial charge on any atom is 0.313 e. The zero-order valence-electron chi connectivity index (χ0n) is 9.91. The molecule has 0 radical (unpaired) electrons. The normalized spacial score (nSPS) is 11.3. The summed E-state index contributed by atoms with van der Waals surface area (Å²) in [7, 11) is 3.60. The van der Waals surface area contributed by atoms with E-state index < -0.39 is 17.2 Å². The van der Waals surface area contributed by atoms with Crippen LogP contribution in [0.15, 0.2) is 18.2 Å². The molecular weight excluding hydrogens is 209 g/mol. The number of hydrogen-bond acceptors (Lipinski definition) is 2. The second-order valence-corrected chi connectivity index (χ2v) is 4.49. The summed E-state index contributed by atoms with van der Waals surface area (Å²) in [4.78, 5) is 12.9. The van der Waals surface area contributed by atoms with Gasteiger partial charge in [0.1, 0.15) is 5.82 Å². The minimum Gasteiger partial charge on any atom is -0.481 e. The van der Waals surface area contributed by atoms with Gasteiger partial charge in [-0.1, -0.05) is 0 Å². The first-order valence-electron chi connectivity index (χ1n) is 4.97. The molecular formula is C12H16FNO2. The molecule has 1 aromatic rings. The maximum atomic E-state index is 13.2. The van der Waals surface area contributed by atoms with Crippen LogP contribution in [0, 0.1) is 5.82 Å². The number of anilines is 1. The van der Waals surface area contributed by atoms with Crippen LogP contribution in [0.4, 0.5) is 10.1 Å². The van der Waals surface area contributed by atoms with Crippen LogP contribution in [0.3, 0.4) is 0 Å². The average molecular weight is 225 g/mol. The van der Waals surface area contributed by atoms with Crippen LogP contribution in [0.25, 0.3) is 0 Å². The SMILES string of the molecule is CN(C)c1ccc(F)cc1C(C)(C)C(=O)O. The standard InChI is InChI=1S/C12H16FNO2/c1-12(2,11(15)16)9-7-8(13)5-6-10(9)14(3)4/h5-7H,1-4H3,(H,15,16). The molecule has 0 aliphatic heterocycles. The topological polar surface area (TPSA) is 40.5 Å². The highest BCUT2D eigenvalue weighted by molar-refractivity contribution is 5.83. The van der Waals surface area contributed by atoms with Gasteiger partial charge in [0.05, 0.1) is 5.41 Å². The van der Waals surface area contributed by atoms with Crippen molar-refractivity contribution in [1.82, 2.24) is 0 Å². The summed E-state index contributed by atoms with van der Waals surface area (Å²) in [5.74, 6) is -1.39. The molecule has 0 amide bonds. The quantitative estimate of drug-likeness (QED) is 0.857. The molecule has 0 spiro atoms. The number of halogens is 1. The molecule has 0 aliphatic rings. The summed E-state index contributed by atoms with van der Waals surface area (Å²) in [6.07, 6.45) is 0. The van der Waals surface area contributed by atoms with Gasteiger partial charge in [0.25, 0.3) is 0 Å². The molecule has 88 valence electrons. The monoisotopic (exact) mass is 225 g/mol. The molecule has 0 fully saturated rings. The van der Waals surface area contributed by atoms with E-state index in [4.69, 9.17) is 5.11 Å². The largest absolute Gasteiger partial charge is 0.481 e. The van der Waals surface area contributed by atoms with Crippen molar-refractivity contribution in [2.24, 2.45) is 0 Å². The predicted molar refractivity (Wildman–Crippen MR) is 61.4 cm³/mol. The number of carboxylic acid groups (broad SMARTS) is 1. The Hall–Kier alpha value is -1.58. The van der Waals surface area contributed by atoms with Crippen molar-refractivity contribution < 1.29 is 14.3 Å². The average Bonchev–Trinajstić information content (AvgIpc) is 2.16. The van der Waals surface area contributed by atoms with Gasteiger partial charge in [-0.15, -0.1) is 0 Å². The van der Waals surface area contributed by atoms with E-state index in [1.807, 2.05) is 0 Å². The van der Waals surface area contributed by atoms with Crippen LogP contribution >= 0.6 is 0 Å². The van der Waals surface area contributed by atoms with Crippen molar-refractivity contribution in [3.63, 3.8) is 0 Å². The Morgan fingerprint density at radius 2 is 1.94 bits per heavy atom. The van der Waals surface area contributed by atoms with Gasteiger partial charge in [0, 0.05) is 19.8 Å². The highest BCUT2D eigenvalue weighted by Crippen LogP contribution is 2.32. The van der Waals surface area contributed by atoms with Crippen molar-refractivity contribution in [2.45, 2.75) is 19.3 Å². The zero-order chi connectivity index (χ0) is 12.5. The van der Waals surface area contributed by atoms with Gasteiger partial charge in [-0.05, 0) is 37.6 Å². The molecule has 0 unspecified atom stereocenters. The molecule has 0 aromatic heterocycles. The van der Waals surface area contributed by atoms with Gasteiger partial charge in [-0.25, -0.2) is 4.39 Å². The molecule has 0 heterocycles. The van der Waals surface area contributed by atoms with E-state index in [1.54, 1.807) is 38.9 Å². The lowest BCUT2D eigenvalue weighted by Crippen LogP contribution is -2.30. The van der Waals surface area contributed by atoms with Crippen LogP contribution in [0.5, 0.6) is 0 Å². The second kappa shape index (κ2) is 4.12. The Labute approximate surface area is 94.5 Å². The first-order valence-corrected chi connectivity index (χ1v) is 4.97. The molecule has 16 heavy (non-hydrogen) atoms. The fraction of sp³-hybridized carbons (Fsp3) is 0.417. The van der Waals surface area contributed by atoms with Gasteiger partial charge >= 0.3 is 5.97 Å². The maximum absolute atomic E-state index is 13.2. The number of benzene rings is 1. The second-order valence-electron chi connectivity index (χ2n) is 4.49. The van der Waals surface area contributed by atoms with E-state index in [1.165, 1.54) is 12.1 Å². The van der Waals surface area contributed by atoms with E-state index in [2.05, 4.69) is 0 Å². The third kappa shape index (κ3) is 2.15. The molecule has 1 N–H and O–H groups in total. The summed E-state index contributed by atoms with van der Waals surface area (Å²) >= 11 is 0. The van der Waals surface area contributed by atoms with Crippen LogP contribution < -0.4 is 4.90 Å². The number of carbonyl (C=O) groups is 1. The number of rotatable bonds is 3. The van der Waals surface area contributed by atoms with Crippen LogP contribution in [0.1, 0.15) is 19.4 Å². The molecule has 3 nitrogen and oxygen atoms in total. The van der Waals surface area contributed by atoms with Crippen molar-refractivity contribution in [3.05, 3.63) is 29.6 Å². The molecule has 1 aromatic carbocycles. The molecule has 0 aliphatic carbocycles. The van der Waals surface area contributed by atoms with Gasteiger partial charge in [-0.3, -0.25) is 4.79 Å². The Balaban J connectivity index is 3.41. The van der Waals surface area contributed by atoms with E-state index in [0.717, 1.165) is 0 Å². The molecule has 0 saturated carbocycles. The smallest absolute Gasteiger partial charge is 0.313 e. The highest BCUT2D eigenvalue weighted by atomic mass is 19.1. The lowest BCUT2D eigenvalue weighted by Gasteiger charge is -2.26. The lowest BCUT2D eigenvalue weighted by atomic mass is 9.83. The number of nitrogens with zero attached hydrogens (tertiary/aromatic N) is 1. The predicted octanol–water partition coefficient (Wildman–Crippen LogP) is 2.25. The summed E-state index contributed by atoms with van der Waals surface area (Å²) < 4.78 is 13.2. The van der Waals surface area contributed by atoms with Gasteiger partial charge in [0.2, 0.25) is 0 Å². The number of hydrogen-bond donors (Lipinski definition) is 1. The minimum atomic E-state index is -1.11. The molecule has 4 heteroatoms. The molecule has 0 saturated heterocycles. The zero-order valence-corrected chi connectivity index (χ0v) is 9.91. The fourth-order valence-electron chi connectivity index (χ4n) is 1.51. The van der Waals surface area contributed by atoms with Crippen LogP contribution in [-0.2, 0) is 10.2 Å². The molecule has 1 rings (SSSR count). The summed E-state index contributed by atoms with van der Waals surface area (Å²) in [5, 5.41) is 9.15. The summed E-state index contributed by atoms with van der Waals surface area (Å²) in [6.45, 7) is 3.13. The first-order chi connectivity index (χ1) is 7.26. The number of aliphatic carboxylic acids is 1. The van der Waals surface area contributed by atoms with E-state index >= 15 is 0 Å². The molecule has 0 bridgehead atoms. The van der Waals surface area contributed by atoms with Crippen molar-refractivity contribution in [2.75, 3.05) is 19.0 Å². The Kier molecular flexibility index (Phi) is 3.21. The number of carboxylic acids is 1. The molecule has 0 atom stereocenters. The van der Waals surface area contributed by atoms with Gasteiger partial charge in [-0.2, -0.15) is 0 Å². The minimum absolute atomic E-state index is 0.421. The summed E-state index contributed by atoms with van der Waals surface area (Å²) in [5.41, 5.74) is 0.0839. The summed E-state index contributed by atoms with van der Waals surface area (Å²) in [6, 6.07) is 4.20. The fourth-order valence-corrected chi connectivity index (χ4v) is 1.51. The van der Waals surface area contributed by atoms with Gasteiger partial charge in [0.15, 0.2) is 0 Å².